The first-order chi connectivity index (χ1) is 22.6. The van der Waals surface area contributed by atoms with Gasteiger partial charge in [-0.2, -0.15) is 8.42 Å². The first kappa shape index (κ1) is 36.1. The fourth-order valence-corrected chi connectivity index (χ4v) is 13.2. The van der Waals surface area contributed by atoms with Crippen molar-refractivity contribution in [3.8, 4) is 11.5 Å². The van der Waals surface area contributed by atoms with E-state index in [0.29, 0.717) is 42.9 Å². The molecule has 5 aliphatic rings. The van der Waals surface area contributed by atoms with Gasteiger partial charge < -0.3 is 14.4 Å². The Morgan fingerprint density at radius 1 is 0.918 bits per heavy atom. The molecule has 10 heteroatoms. The zero-order valence-electron chi connectivity index (χ0n) is 29.9. The molecule has 3 N–H and O–H groups in total. The van der Waals surface area contributed by atoms with Crippen LogP contribution in [0, 0.1) is 56.2 Å². The van der Waals surface area contributed by atoms with E-state index in [2.05, 4.69) is 45.7 Å². The summed E-state index contributed by atoms with van der Waals surface area (Å²) >= 11 is 0. The largest absolute Gasteiger partial charge is 0.504 e. The molecule has 8 atom stereocenters. The van der Waals surface area contributed by atoms with E-state index >= 15 is 0 Å². The number of Topliss-reactive ketones (excluding diaryl/α,β-unsaturated/α-hetero) is 1. The Hall–Kier alpha value is -2.72. The molecule has 5 saturated carbocycles. The van der Waals surface area contributed by atoms with Crippen LogP contribution in [0.1, 0.15) is 124 Å². The average molecular weight is 699 g/mol. The van der Waals surface area contributed by atoms with E-state index in [-0.39, 0.29) is 46.2 Å². The molecule has 49 heavy (non-hydrogen) atoms. The number of hydrogen-bond acceptors (Lipinski definition) is 7. The Morgan fingerprint density at radius 3 is 2.29 bits per heavy atom. The second-order valence-electron chi connectivity index (χ2n) is 18.2. The summed E-state index contributed by atoms with van der Waals surface area (Å²) in [4.78, 5) is 40.7. The molecule has 1 aromatic rings. The normalized spacial score (nSPS) is 39.6. The second kappa shape index (κ2) is 11.7. The maximum Gasteiger partial charge on any atom is 0.446 e. The maximum atomic E-state index is 14.3. The minimum Gasteiger partial charge on any atom is -0.504 e. The lowest BCUT2D eigenvalue weighted by atomic mass is 9.30. The molecule has 0 spiro atoms. The third-order valence-corrected chi connectivity index (χ3v) is 15.6. The highest BCUT2D eigenvalue weighted by Crippen LogP contribution is 2.77. The van der Waals surface area contributed by atoms with Crippen molar-refractivity contribution in [1.82, 2.24) is 0 Å². The highest BCUT2D eigenvalue weighted by molar-refractivity contribution is 7.81. The van der Waals surface area contributed by atoms with Crippen molar-refractivity contribution in [2.24, 2.45) is 56.2 Å². The Labute approximate surface area is 291 Å². The Kier molecular flexibility index (Phi) is 8.58. The van der Waals surface area contributed by atoms with E-state index in [1.807, 2.05) is 0 Å². The molecule has 0 amide bonds. The van der Waals surface area contributed by atoms with E-state index in [1.165, 1.54) is 24.3 Å². The number of rotatable bonds is 7. The van der Waals surface area contributed by atoms with Gasteiger partial charge in [-0.1, -0.05) is 53.7 Å². The van der Waals surface area contributed by atoms with Crippen molar-refractivity contribution in [3.63, 3.8) is 0 Å². The van der Waals surface area contributed by atoms with Crippen LogP contribution in [0.2, 0.25) is 0 Å². The number of aromatic hydroxyl groups is 1. The van der Waals surface area contributed by atoms with Gasteiger partial charge in [0, 0.05) is 18.3 Å². The monoisotopic (exact) mass is 698 g/mol. The number of phenolic OH excluding ortho intramolecular Hbond substituents is 1. The zero-order chi connectivity index (χ0) is 36.0. The van der Waals surface area contributed by atoms with Crippen molar-refractivity contribution in [2.45, 2.75) is 119 Å². The van der Waals surface area contributed by atoms with Crippen LogP contribution in [0.5, 0.6) is 11.5 Å². The van der Waals surface area contributed by atoms with Gasteiger partial charge in [-0.3, -0.25) is 18.9 Å². The number of phenols is 1. The number of carbonyl (C=O) groups excluding carboxylic acids is 2. The van der Waals surface area contributed by atoms with Crippen LogP contribution in [0.4, 0.5) is 0 Å². The summed E-state index contributed by atoms with van der Waals surface area (Å²) in [5.74, 6) is -0.774. The summed E-state index contributed by atoms with van der Waals surface area (Å²) in [5, 5.41) is 20.9. The highest BCUT2D eigenvalue weighted by atomic mass is 32.3. The van der Waals surface area contributed by atoms with Crippen molar-refractivity contribution in [1.29, 1.82) is 0 Å². The molecule has 0 unspecified atom stereocenters. The minimum absolute atomic E-state index is 0.00640. The van der Waals surface area contributed by atoms with Gasteiger partial charge in [-0.05, 0) is 133 Å². The number of ketones is 2. The molecule has 0 radical (unpaired) electrons. The predicted octanol–water partition coefficient (Wildman–Crippen LogP) is 8.06. The summed E-state index contributed by atoms with van der Waals surface area (Å²) in [6, 6.07) is 4.00. The standard InChI is InChI=1S/C39H54O9S/c1-34(2)17-18-38(33(43)44)19-20-39(22-25(40)9-7-24-8-11-28(41)29(21-24)48-49(45,46)47)26(27(38)23-34)10-12-31-36(5)15-14-32(42)35(3,4)30(36)13-16-37(31,39)6/h7-9,11,21,26-27,30-31,41H,10,12-20,22-23H2,1-6H3,(H,43,44)(H,45,46,47)/b9-7-/t26-,27+,30+,31-,36+,37-,38+,39+/m1/s1. The molecule has 9 nitrogen and oxygen atoms in total. The van der Waals surface area contributed by atoms with E-state index < -0.39 is 44.1 Å². The molecule has 270 valence electrons. The number of fused-ring (bicyclic) bond motifs is 7. The third kappa shape index (κ3) is 5.67. The van der Waals surface area contributed by atoms with Crippen molar-refractivity contribution in [3.05, 3.63) is 29.8 Å². The molecular weight excluding hydrogens is 644 g/mol. The van der Waals surface area contributed by atoms with Crippen LogP contribution >= 0.6 is 0 Å². The van der Waals surface area contributed by atoms with Gasteiger partial charge in [0.25, 0.3) is 0 Å². The van der Waals surface area contributed by atoms with Crippen molar-refractivity contribution < 1.29 is 41.8 Å². The van der Waals surface area contributed by atoms with Crippen LogP contribution < -0.4 is 4.18 Å². The van der Waals surface area contributed by atoms with Crippen molar-refractivity contribution in [2.75, 3.05) is 0 Å². The van der Waals surface area contributed by atoms with Gasteiger partial charge in [0.2, 0.25) is 0 Å². The van der Waals surface area contributed by atoms with Crippen LogP contribution in [0.25, 0.3) is 6.08 Å². The predicted molar refractivity (Wildman–Crippen MR) is 185 cm³/mol. The second-order valence-corrected chi connectivity index (χ2v) is 19.2. The molecule has 5 fully saturated rings. The zero-order valence-corrected chi connectivity index (χ0v) is 30.7. The topological polar surface area (TPSA) is 155 Å². The smallest absolute Gasteiger partial charge is 0.446 e. The summed E-state index contributed by atoms with van der Waals surface area (Å²) in [6.07, 6.45) is 12.0. The molecule has 0 saturated heterocycles. The van der Waals surface area contributed by atoms with Crippen LogP contribution in [-0.4, -0.2) is 40.7 Å². The number of carboxylic acids is 1. The molecule has 1 aromatic carbocycles. The van der Waals surface area contributed by atoms with Crippen molar-refractivity contribution >= 4 is 34.0 Å². The lowest BCUT2D eigenvalue weighted by Crippen LogP contribution is -2.68. The van der Waals surface area contributed by atoms with Crippen LogP contribution in [-0.2, 0) is 24.8 Å². The van der Waals surface area contributed by atoms with E-state index in [1.54, 1.807) is 6.08 Å². The summed E-state index contributed by atoms with van der Waals surface area (Å²) < 4.78 is 36.2. The van der Waals surface area contributed by atoms with Gasteiger partial charge in [-0.15, -0.1) is 0 Å². The molecule has 5 aliphatic carbocycles. The summed E-state index contributed by atoms with van der Waals surface area (Å²) in [7, 11) is -4.86. The fourth-order valence-electron chi connectivity index (χ4n) is 12.8. The molecule has 0 heterocycles. The Morgan fingerprint density at radius 2 is 1.61 bits per heavy atom. The number of carboxylic acid groups (broad SMARTS) is 1. The molecule has 6 rings (SSSR count). The molecule has 0 aromatic heterocycles. The van der Waals surface area contributed by atoms with E-state index in [9.17, 15) is 33.0 Å². The van der Waals surface area contributed by atoms with Gasteiger partial charge >= 0.3 is 16.4 Å². The van der Waals surface area contributed by atoms with E-state index in [4.69, 9.17) is 4.55 Å². The molecule has 0 aliphatic heterocycles. The number of allylic oxidation sites excluding steroid dienone is 1. The average Bonchev–Trinajstić information content (AvgIpc) is 2.98. The fraction of sp³-hybridized carbons (Fsp3) is 0.718. The van der Waals surface area contributed by atoms with Crippen LogP contribution in [0.15, 0.2) is 24.3 Å². The SMILES string of the molecule is CC1(C)CC[C@]2(C(=O)O)CC[C@]3(CC(=O)/C=C\c4ccc(O)c(OS(=O)(=O)O)c4)[C@H](CC[C@@H]4[C@@]5(C)CCC(=O)C(C)(C)[C@@H]5CC[C@]43C)[C@@H]2C1. The lowest BCUT2D eigenvalue weighted by Gasteiger charge is -2.73. The number of aliphatic carboxylic acids is 1. The van der Waals surface area contributed by atoms with E-state index in [0.717, 1.165) is 44.9 Å². The first-order valence-electron chi connectivity index (χ1n) is 18.1. The minimum atomic E-state index is -4.86. The first-order valence-corrected chi connectivity index (χ1v) is 19.4. The van der Waals surface area contributed by atoms with Gasteiger partial charge in [0.15, 0.2) is 17.3 Å². The number of benzene rings is 1. The van der Waals surface area contributed by atoms with Crippen LogP contribution in [0.3, 0.4) is 0 Å². The highest BCUT2D eigenvalue weighted by Gasteiger charge is 2.72. The quantitative estimate of drug-likeness (QED) is 0.189. The maximum absolute atomic E-state index is 14.3. The Bertz CT molecular complexity index is 1690. The summed E-state index contributed by atoms with van der Waals surface area (Å²) in [6.45, 7) is 13.5. The number of hydrogen-bond donors (Lipinski definition) is 3. The molecular formula is C39H54O9S. The number of carbonyl (C=O) groups is 3. The van der Waals surface area contributed by atoms with Gasteiger partial charge in [0.1, 0.15) is 5.78 Å². The van der Waals surface area contributed by atoms with Gasteiger partial charge in [-0.25, -0.2) is 0 Å². The van der Waals surface area contributed by atoms with Gasteiger partial charge in [0.05, 0.1) is 5.41 Å². The third-order valence-electron chi connectivity index (χ3n) is 15.2. The molecule has 0 bridgehead atoms. The lowest BCUT2D eigenvalue weighted by molar-refractivity contribution is -0.250. The Balaban J connectivity index is 1.41. The summed E-state index contributed by atoms with van der Waals surface area (Å²) in [5.41, 5.74) is -1.50.